The van der Waals surface area contributed by atoms with Crippen molar-refractivity contribution in [3.8, 4) is 0 Å². The highest BCUT2D eigenvalue weighted by atomic mass is 16.5. The summed E-state index contributed by atoms with van der Waals surface area (Å²) in [5, 5.41) is 0. The van der Waals surface area contributed by atoms with E-state index in [2.05, 4.69) is 9.88 Å². The second kappa shape index (κ2) is 5.77. The Hall–Kier alpha value is -1.42. The summed E-state index contributed by atoms with van der Waals surface area (Å²) in [7, 11) is 1.44. The van der Waals surface area contributed by atoms with Crippen molar-refractivity contribution in [3.63, 3.8) is 0 Å². The Labute approximate surface area is 102 Å². The van der Waals surface area contributed by atoms with Gasteiger partial charge in [0, 0.05) is 18.9 Å². The number of rotatable bonds is 4. The maximum absolute atomic E-state index is 11.8. The molecule has 1 unspecified atom stereocenters. The van der Waals surface area contributed by atoms with Crippen LogP contribution in [0.1, 0.15) is 24.3 Å². The number of nitrogens with zero attached hydrogens (tertiary/aromatic N) is 2. The maximum atomic E-state index is 11.8. The monoisotopic (exact) mass is 234 g/mol. The van der Waals surface area contributed by atoms with E-state index in [9.17, 15) is 4.79 Å². The molecule has 0 bridgehead atoms. The number of carbonyl (C=O) groups excluding carboxylic acids is 1. The molecule has 1 atom stereocenters. The fourth-order valence-electron chi connectivity index (χ4n) is 2.28. The van der Waals surface area contributed by atoms with Crippen LogP contribution in [0.25, 0.3) is 0 Å². The van der Waals surface area contributed by atoms with E-state index in [1.165, 1.54) is 20.0 Å². The van der Waals surface area contributed by atoms with Crippen LogP contribution in [-0.4, -0.2) is 42.6 Å². The van der Waals surface area contributed by atoms with Crippen LogP contribution in [0.2, 0.25) is 0 Å². The summed E-state index contributed by atoms with van der Waals surface area (Å²) in [6.07, 6.45) is 5.89. The van der Waals surface area contributed by atoms with Gasteiger partial charge >= 0.3 is 5.97 Å². The van der Waals surface area contributed by atoms with E-state index < -0.39 is 0 Å². The fourth-order valence-corrected chi connectivity index (χ4v) is 2.28. The number of aromatic nitrogens is 1. The van der Waals surface area contributed by atoms with Crippen LogP contribution < -0.4 is 0 Å². The van der Waals surface area contributed by atoms with E-state index in [0.29, 0.717) is 0 Å². The van der Waals surface area contributed by atoms with E-state index in [-0.39, 0.29) is 11.9 Å². The van der Waals surface area contributed by atoms with Gasteiger partial charge in [-0.3, -0.25) is 9.78 Å². The van der Waals surface area contributed by atoms with Gasteiger partial charge in [0.2, 0.25) is 0 Å². The van der Waals surface area contributed by atoms with Crippen molar-refractivity contribution in [1.29, 1.82) is 0 Å². The molecule has 92 valence electrons. The molecular weight excluding hydrogens is 216 g/mol. The van der Waals surface area contributed by atoms with Gasteiger partial charge in [-0.15, -0.1) is 0 Å². The van der Waals surface area contributed by atoms with E-state index in [0.717, 1.165) is 25.2 Å². The molecule has 1 fully saturated rings. The molecule has 1 aliphatic rings. The van der Waals surface area contributed by atoms with Crippen LogP contribution in [0.5, 0.6) is 0 Å². The zero-order chi connectivity index (χ0) is 12.1. The molecule has 0 aromatic carbocycles. The molecule has 2 heterocycles. The quantitative estimate of drug-likeness (QED) is 0.739. The van der Waals surface area contributed by atoms with Crippen molar-refractivity contribution in [3.05, 3.63) is 30.1 Å². The number of methoxy groups -OCH3 is 1. The Balaban J connectivity index is 2.10. The van der Waals surface area contributed by atoms with Gasteiger partial charge in [-0.1, -0.05) is 0 Å². The Morgan fingerprint density at radius 2 is 2.06 bits per heavy atom. The fraction of sp³-hybridized carbons (Fsp3) is 0.538. The summed E-state index contributed by atoms with van der Waals surface area (Å²) >= 11 is 0. The predicted molar refractivity (Wildman–Crippen MR) is 64.7 cm³/mol. The number of likely N-dealkylation sites (tertiary alicyclic amines) is 1. The van der Waals surface area contributed by atoms with Crippen molar-refractivity contribution in [1.82, 2.24) is 9.88 Å². The second-order valence-corrected chi connectivity index (χ2v) is 4.36. The second-order valence-electron chi connectivity index (χ2n) is 4.36. The van der Waals surface area contributed by atoms with Crippen molar-refractivity contribution in [2.24, 2.45) is 0 Å². The lowest BCUT2D eigenvalue weighted by Gasteiger charge is -2.21. The Morgan fingerprint density at radius 1 is 1.41 bits per heavy atom. The molecule has 17 heavy (non-hydrogen) atoms. The normalized spacial score (nSPS) is 17.9. The maximum Gasteiger partial charge on any atom is 0.314 e. The lowest BCUT2D eigenvalue weighted by atomic mass is 10.00. The third-order valence-corrected chi connectivity index (χ3v) is 3.23. The van der Waals surface area contributed by atoms with E-state index in [1.54, 1.807) is 12.4 Å². The molecule has 0 saturated carbocycles. The number of carbonyl (C=O) groups is 1. The summed E-state index contributed by atoms with van der Waals surface area (Å²) in [6.45, 7) is 2.91. The highest BCUT2D eigenvalue weighted by molar-refractivity contribution is 5.78. The first-order valence-corrected chi connectivity index (χ1v) is 6.01. The third-order valence-electron chi connectivity index (χ3n) is 3.23. The molecule has 4 heteroatoms. The van der Waals surface area contributed by atoms with Gasteiger partial charge in [0.1, 0.15) is 0 Å². The first-order chi connectivity index (χ1) is 8.31. The lowest BCUT2D eigenvalue weighted by Crippen LogP contribution is -2.30. The molecule has 2 rings (SSSR count). The zero-order valence-corrected chi connectivity index (χ0v) is 10.1. The molecule has 0 spiro atoms. The van der Waals surface area contributed by atoms with E-state index >= 15 is 0 Å². The number of hydrogen-bond donors (Lipinski definition) is 0. The Bertz CT molecular complexity index is 361. The van der Waals surface area contributed by atoms with Crippen LogP contribution >= 0.6 is 0 Å². The summed E-state index contributed by atoms with van der Waals surface area (Å²) in [6, 6.07) is 3.77. The molecule has 0 N–H and O–H groups in total. The minimum absolute atomic E-state index is 0.164. The Morgan fingerprint density at radius 3 is 2.65 bits per heavy atom. The highest BCUT2D eigenvalue weighted by Gasteiger charge is 2.25. The summed E-state index contributed by atoms with van der Waals surface area (Å²) in [5.41, 5.74) is 0.985. The van der Waals surface area contributed by atoms with Crippen molar-refractivity contribution in [2.45, 2.75) is 18.8 Å². The van der Waals surface area contributed by atoms with Crippen molar-refractivity contribution < 1.29 is 9.53 Å². The van der Waals surface area contributed by atoms with Crippen LogP contribution in [-0.2, 0) is 9.53 Å². The van der Waals surface area contributed by atoms with Crippen molar-refractivity contribution in [2.75, 3.05) is 26.7 Å². The summed E-state index contributed by atoms with van der Waals surface area (Å²) in [4.78, 5) is 18.1. The zero-order valence-electron chi connectivity index (χ0n) is 10.1. The van der Waals surface area contributed by atoms with Gasteiger partial charge in [0.05, 0.1) is 13.0 Å². The number of ether oxygens (including phenoxy) is 1. The number of esters is 1. The molecule has 1 aromatic heterocycles. The lowest BCUT2D eigenvalue weighted by molar-refractivity contribution is -0.142. The summed E-state index contributed by atoms with van der Waals surface area (Å²) in [5.74, 6) is -0.357. The third kappa shape index (κ3) is 3.03. The average Bonchev–Trinajstić information content (AvgIpc) is 2.89. The first-order valence-electron chi connectivity index (χ1n) is 6.01. The van der Waals surface area contributed by atoms with Crippen LogP contribution in [0, 0.1) is 0 Å². The van der Waals surface area contributed by atoms with E-state index in [1.807, 2.05) is 12.1 Å². The molecule has 0 aliphatic carbocycles. The van der Waals surface area contributed by atoms with Crippen LogP contribution in [0.4, 0.5) is 0 Å². The van der Waals surface area contributed by atoms with Gasteiger partial charge in [0.25, 0.3) is 0 Å². The largest absolute Gasteiger partial charge is 0.469 e. The van der Waals surface area contributed by atoms with Crippen LogP contribution in [0.15, 0.2) is 24.5 Å². The van der Waals surface area contributed by atoms with E-state index in [4.69, 9.17) is 4.74 Å². The number of pyridine rings is 1. The van der Waals surface area contributed by atoms with Gasteiger partial charge in [0.15, 0.2) is 0 Å². The minimum Gasteiger partial charge on any atom is -0.469 e. The van der Waals surface area contributed by atoms with Gasteiger partial charge in [-0.2, -0.15) is 0 Å². The average molecular weight is 234 g/mol. The minimum atomic E-state index is -0.193. The molecular formula is C13H18N2O2. The molecule has 1 aromatic rings. The smallest absolute Gasteiger partial charge is 0.314 e. The predicted octanol–water partition coefficient (Wildman–Crippen LogP) is 1.43. The number of hydrogen-bond acceptors (Lipinski definition) is 4. The van der Waals surface area contributed by atoms with Gasteiger partial charge in [-0.25, -0.2) is 0 Å². The molecule has 1 aliphatic heterocycles. The Kier molecular flexibility index (Phi) is 4.09. The molecule has 0 amide bonds. The highest BCUT2D eigenvalue weighted by Crippen LogP contribution is 2.20. The first kappa shape index (κ1) is 12.0. The van der Waals surface area contributed by atoms with Gasteiger partial charge < -0.3 is 9.64 Å². The van der Waals surface area contributed by atoms with Gasteiger partial charge in [-0.05, 0) is 43.6 Å². The molecule has 1 saturated heterocycles. The SMILES string of the molecule is COC(=O)C(CN1CCCC1)c1ccncc1. The van der Waals surface area contributed by atoms with Crippen LogP contribution in [0.3, 0.4) is 0 Å². The topological polar surface area (TPSA) is 42.4 Å². The summed E-state index contributed by atoms with van der Waals surface area (Å²) < 4.78 is 4.89. The molecule has 0 radical (unpaired) electrons. The van der Waals surface area contributed by atoms with Crippen molar-refractivity contribution >= 4 is 5.97 Å². The standard InChI is InChI=1S/C13H18N2O2/c1-17-13(16)12(10-15-8-2-3-9-15)11-4-6-14-7-5-11/h4-7,12H,2-3,8-10H2,1H3. The molecule has 4 nitrogen and oxygen atoms in total.